The number of hydrogen-bond acceptors (Lipinski definition) is 3. The maximum Gasteiger partial charge on any atom is 0.257 e. The van der Waals surface area contributed by atoms with Gasteiger partial charge in [0.05, 0.1) is 5.69 Å². The number of halogens is 1. The van der Waals surface area contributed by atoms with Crippen LogP contribution >= 0.6 is 22.9 Å². The lowest BCUT2D eigenvalue weighted by molar-refractivity contribution is 0.00720. The van der Waals surface area contributed by atoms with E-state index in [-0.39, 0.29) is 16.2 Å². The van der Waals surface area contributed by atoms with E-state index >= 15 is 0 Å². The van der Waals surface area contributed by atoms with E-state index in [1.54, 1.807) is 0 Å². The molecule has 4 fully saturated rings. The highest BCUT2D eigenvalue weighted by Crippen LogP contribution is 2.64. The van der Waals surface area contributed by atoms with Gasteiger partial charge in [0, 0.05) is 21.2 Å². The number of rotatable bonds is 3. The minimum Gasteiger partial charge on any atom is -0.298 e. The SMILES string of the molecule is O=C(Nc1nc(C23C[C@@H]4C[C@H](CC(Cl)(C4)C2)C3)cs1)c1ccccc1. The monoisotopic (exact) mass is 372 g/mol. The summed E-state index contributed by atoms with van der Waals surface area (Å²) >= 11 is 8.48. The average molecular weight is 373 g/mol. The van der Waals surface area contributed by atoms with E-state index in [9.17, 15) is 4.79 Å². The third kappa shape index (κ3) is 2.70. The molecular formula is C20H21ClN2OS. The highest BCUT2D eigenvalue weighted by Gasteiger charge is 2.58. The first-order valence-corrected chi connectivity index (χ1v) is 10.3. The van der Waals surface area contributed by atoms with Crippen molar-refractivity contribution in [3.63, 3.8) is 0 Å². The summed E-state index contributed by atoms with van der Waals surface area (Å²) in [6.45, 7) is 0. The van der Waals surface area contributed by atoms with Gasteiger partial charge in [-0.3, -0.25) is 10.1 Å². The Balaban J connectivity index is 1.39. The number of alkyl halides is 1. The van der Waals surface area contributed by atoms with Gasteiger partial charge in [-0.25, -0.2) is 4.98 Å². The number of anilines is 1. The minimum absolute atomic E-state index is 0.0127. The molecule has 1 aromatic carbocycles. The summed E-state index contributed by atoms with van der Waals surface area (Å²) < 4.78 is 0. The van der Waals surface area contributed by atoms with Crippen LogP contribution in [0, 0.1) is 11.8 Å². The number of carbonyl (C=O) groups excluding carboxylic acids is 1. The summed E-state index contributed by atoms with van der Waals surface area (Å²) in [6, 6.07) is 9.29. The van der Waals surface area contributed by atoms with E-state index in [1.807, 2.05) is 30.3 Å². The van der Waals surface area contributed by atoms with Gasteiger partial charge >= 0.3 is 0 Å². The molecule has 3 nitrogen and oxygen atoms in total. The van der Waals surface area contributed by atoms with Crippen LogP contribution in [0.2, 0.25) is 0 Å². The zero-order valence-electron chi connectivity index (χ0n) is 14.0. The zero-order chi connectivity index (χ0) is 17.1. The van der Waals surface area contributed by atoms with Gasteiger partial charge in [-0.1, -0.05) is 18.2 Å². The fourth-order valence-electron chi connectivity index (χ4n) is 5.78. The summed E-state index contributed by atoms with van der Waals surface area (Å²) in [5, 5.41) is 5.80. The third-order valence-corrected chi connectivity index (χ3v) is 7.49. The van der Waals surface area contributed by atoms with Gasteiger partial charge in [-0.2, -0.15) is 0 Å². The van der Waals surface area contributed by atoms with Crippen LogP contribution in [0.25, 0.3) is 0 Å². The van der Waals surface area contributed by atoms with Gasteiger partial charge in [0.25, 0.3) is 5.91 Å². The summed E-state index contributed by atoms with van der Waals surface area (Å²) in [5.74, 6) is 1.41. The first kappa shape index (κ1) is 15.8. The number of nitrogens with zero attached hydrogens (tertiary/aromatic N) is 1. The highest BCUT2D eigenvalue weighted by molar-refractivity contribution is 7.14. The Hall–Kier alpha value is -1.39. The zero-order valence-corrected chi connectivity index (χ0v) is 15.6. The lowest BCUT2D eigenvalue weighted by Crippen LogP contribution is -2.55. The largest absolute Gasteiger partial charge is 0.298 e. The van der Waals surface area contributed by atoms with Gasteiger partial charge < -0.3 is 0 Å². The van der Waals surface area contributed by atoms with Crippen molar-refractivity contribution in [3.05, 3.63) is 47.0 Å². The maximum absolute atomic E-state index is 12.4. The molecule has 1 N–H and O–H groups in total. The predicted molar refractivity (Wildman–Crippen MR) is 101 cm³/mol. The van der Waals surface area contributed by atoms with Crippen molar-refractivity contribution in [3.8, 4) is 0 Å². The van der Waals surface area contributed by atoms with Crippen molar-refractivity contribution in [2.24, 2.45) is 11.8 Å². The minimum atomic E-state index is -0.0965. The summed E-state index contributed by atoms with van der Waals surface area (Å²) in [7, 11) is 0. The maximum atomic E-state index is 12.4. The molecule has 0 aliphatic heterocycles. The van der Waals surface area contributed by atoms with Crippen LogP contribution in [0.15, 0.2) is 35.7 Å². The first-order chi connectivity index (χ1) is 12.0. The van der Waals surface area contributed by atoms with E-state index < -0.39 is 0 Å². The Morgan fingerprint density at radius 1 is 1.16 bits per heavy atom. The second-order valence-electron chi connectivity index (χ2n) is 8.25. The molecule has 0 radical (unpaired) electrons. The van der Waals surface area contributed by atoms with Crippen LogP contribution in [-0.4, -0.2) is 15.8 Å². The number of nitrogens with one attached hydrogen (secondary N) is 1. The number of thiazole rings is 1. The van der Waals surface area contributed by atoms with Crippen LogP contribution in [0.4, 0.5) is 5.13 Å². The molecule has 2 atom stereocenters. The van der Waals surface area contributed by atoms with E-state index in [0.717, 1.165) is 24.0 Å². The van der Waals surface area contributed by atoms with Crippen molar-refractivity contribution in [1.82, 2.24) is 4.98 Å². The quantitative estimate of drug-likeness (QED) is 0.750. The molecular weight excluding hydrogens is 352 g/mol. The van der Waals surface area contributed by atoms with Crippen molar-refractivity contribution in [2.45, 2.75) is 48.8 Å². The Bertz CT molecular complexity index is 804. The topological polar surface area (TPSA) is 42.0 Å². The van der Waals surface area contributed by atoms with Gasteiger partial charge in [0.15, 0.2) is 5.13 Å². The average Bonchev–Trinajstić information content (AvgIpc) is 3.03. The summed E-state index contributed by atoms with van der Waals surface area (Å²) in [5.41, 5.74) is 1.95. The molecule has 4 aliphatic carbocycles. The van der Waals surface area contributed by atoms with Crippen molar-refractivity contribution >= 4 is 34.0 Å². The summed E-state index contributed by atoms with van der Waals surface area (Å²) in [4.78, 5) is 17.2. The van der Waals surface area contributed by atoms with E-state index in [4.69, 9.17) is 16.6 Å². The number of amides is 1. The van der Waals surface area contributed by atoms with Crippen LogP contribution in [0.1, 0.15) is 54.6 Å². The number of aromatic nitrogens is 1. The van der Waals surface area contributed by atoms with E-state index in [0.29, 0.717) is 10.7 Å². The van der Waals surface area contributed by atoms with Crippen molar-refractivity contribution < 1.29 is 4.79 Å². The molecule has 5 heteroatoms. The molecule has 0 saturated heterocycles. The molecule has 4 bridgehead atoms. The van der Waals surface area contributed by atoms with Crippen LogP contribution in [0.3, 0.4) is 0 Å². The van der Waals surface area contributed by atoms with Crippen LogP contribution in [0.5, 0.6) is 0 Å². The standard InChI is InChI=1S/C20H21ClN2OS/c21-20-9-13-6-14(10-20)8-19(7-13,12-20)16-11-25-18(22-16)23-17(24)15-4-2-1-3-5-15/h1-5,11,13-14H,6-10,12H2,(H,22,23,24)/t13-,14-,19?,20?/m0/s1. The molecule has 6 rings (SSSR count). The molecule has 25 heavy (non-hydrogen) atoms. The smallest absolute Gasteiger partial charge is 0.257 e. The lowest BCUT2D eigenvalue weighted by atomic mass is 9.48. The number of benzene rings is 1. The first-order valence-electron chi connectivity index (χ1n) is 9.05. The van der Waals surface area contributed by atoms with Crippen LogP contribution < -0.4 is 5.32 Å². The van der Waals surface area contributed by atoms with Gasteiger partial charge in [-0.05, 0) is 62.5 Å². The van der Waals surface area contributed by atoms with Gasteiger partial charge in [0.2, 0.25) is 0 Å². The van der Waals surface area contributed by atoms with Crippen molar-refractivity contribution in [2.75, 3.05) is 5.32 Å². The molecule has 2 aromatic rings. The normalized spacial score (nSPS) is 35.7. The fraction of sp³-hybridized carbons (Fsp3) is 0.500. The fourth-order valence-corrected chi connectivity index (χ4v) is 7.30. The van der Waals surface area contributed by atoms with Crippen LogP contribution in [-0.2, 0) is 5.41 Å². The molecule has 130 valence electrons. The van der Waals surface area contributed by atoms with E-state index in [2.05, 4.69) is 10.7 Å². The molecule has 1 amide bonds. The Labute approximate surface area is 156 Å². The van der Waals surface area contributed by atoms with E-state index in [1.165, 1.54) is 43.4 Å². The number of hydrogen-bond donors (Lipinski definition) is 1. The van der Waals surface area contributed by atoms with Gasteiger partial charge in [-0.15, -0.1) is 22.9 Å². The second kappa shape index (κ2) is 5.55. The highest BCUT2D eigenvalue weighted by atomic mass is 35.5. The van der Waals surface area contributed by atoms with Gasteiger partial charge in [0.1, 0.15) is 0 Å². The molecule has 1 heterocycles. The molecule has 4 saturated carbocycles. The Morgan fingerprint density at radius 3 is 2.56 bits per heavy atom. The van der Waals surface area contributed by atoms with Crippen molar-refractivity contribution in [1.29, 1.82) is 0 Å². The molecule has 0 unspecified atom stereocenters. The Morgan fingerprint density at radius 2 is 1.88 bits per heavy atom. The predicted octanol–water partition coefficient (Wildman–Crippen LogP) is 5.22. The summed E-state index contributed by atoms with van der Waals surface area (Å²) in [6.07, 6.45) is 7.17. The third-order valence-electron chi connectivity index (χ3n) is 6.29. The second-order valence-corrected chi connectivity index (χ2v) is 9.91. The lowest BCUT2D eigenvalue weighted by Gasteiger charge is -2.59. The molecule has 1 aromatic heterocycles. The molecule has 4 aliphatic rings. The molecule has 0 spiro atoms. The Kier molecular flexibility index (Phi) is 3.52. The number of carbonyl (C=O) groups is 1.